The number of carboxylic acid groups (broad SMARTS) is 4. The summed E-state index contributed by atoms with van der Waals surface area (Å²) in [6.07, 6.45) is 12.8. The van der Waals surface area contributed by atoms with Gasteiger partial charge in [-0.2, -0.15) is 0 Å². The van der Waals surface area contributed by atoms with E-state index >= 15 is 0 Å². The summed E-state index contributed by atoms with van der Waals surface area (Å²) in [7, 11) is 0. The lowest BCUT2D eigenvalue weighted by molar-refractivity contribution is 0.0650. The van der Waals surface area contributed by atoms with Crippen LogP contribution in [-0.2, 0) is 12.8 Å². The molecule has 2 aromatic rings. The Bertz CT molecular complexity index is 1130. The smallest absolute Gasteiger partial charge is 0.336 e. The summed E-state index contributed by atoms with van der Waals surface area (Å²) >= 11 is 0. The lowest BCUT2D eigenvalue weighted by Crippen LogP contribution is -2.14. The lowest BCUT2D eigenvalue weighted by Gasteiger charge is -2.15. The third-order valence-corrected chi connectivity index (χ3v) is 7.18. The van der Waals surface area contributed by atoms with Gasteiger partial charge >= 0.3 is 23.9 Å². The van der Waals surface area contributed by atoms with E-state index in [9.17, 15) is 29.4 Å². The summed E-state index contributed by atoms with van der Waals surface area (Å²) in [6, 6.07) is 8.80. The molecule has 232 valence electrons. The van der Waals surface area contributed by atoms with Gasteiger partial charge in [0.2, 0.25) is 0 Å². The molecular weight excluding hydrogens is 536 g/mol. The Kier molecular flexibility index (Phi) is 16.8. The Morgan fingerprint density at radius 3 is 1.36 bits per heavy atom. The first-order chi connectivity index (χ1) is 19.9. The van der Waals surface area contributed by atoms with Gasteiger partial charge in [-0.25, -0.2) is 19.2 Å². The standard InChI is InChI=1S/C26H42O4.C8H6O4/c1-19(2)13-9-5-7-11-15-21-17-18-23(25(27)28)24(26(29)30)22(21)16-12-8-6-10-14-20(3)4;9-7(10)5-3-1-2-4-6(5)8(11)12/h17-20H,5-16H2,1-4H3,(H,27,28)(H,29,30);1-4H,(H,9,10)(H,11,12). The van der Waals surface area contributed by atoms with Crippen molar-refractivity contribution in [2.75, 3.05) is 0 Å². The quantitative estimate of drug-likeness (QED) is 0.127. The Hall–Kier alpha value is -3.68. The van der Waals surface area contributed by atoms with E-state index in [2.05, 4.69) is 27.7 Å². The number of hydrogen-bond acceptors (Lipinski definition) is 4. The molecule has 0 unspecified atom stereocenters. The zero-order valence-electron chi connectivity index (χ0n) is 25.5. The molecule has 0 amide bonds. The summed E-state index contributed by atoms with van der Waals surface area (Å²) in [5, 5.41) is 36.3. The molecule has 0 atom stereocenters. The molecule has 2 rings (SSSR count). The first-order valence-electron chi connectivity index (χ1n) is 15.0. The molecule has 0 aliphatic heterocycles. The number of unbranched alkanes of at least 4 members (excludes halogenated alkanes) is 6. The summed E-state index contributed by atoms with van der Waals surface area (Å²) < 4.78 is 0. The molecule has 2 aromatic carbocycles. The van der Waals surface area contributed by atoms with Crippen molar-refractivity contribution in [3.63, 3.8) is 0 Å². The molecule has 0 fully saturated rings. The molecule has 0 aliphatic carbocycles. The van der Waals surface area contributed by atoms with Crippen LogP contribution in [0.1, 0.15) is 144 Å². The van der Waals surface area contributed by atoms with E-state index in [0.717, 1.165) is 55.6 Å². The zero-order chi connectivity index (χ0) is 31.7. The molecule has 0 saturated heterocycles. The van der Waals surface area contributed by atoms with Crippen LogP contribution >= 0.6 is 0 Å². The van der Waals surface area contributed by atoms with Crippen molar-refractivity contribution in [1.82, 2.24) is 0 Å². The predicted molar refractivity (Wildman–Crippen MR) is 164 cm³/mol. The molecule has 4 N–H and O–H groups in total. The molecule has 8 heteroatoms. The van der Waals surface area contributed by atoms with Gasteiger partial charge in [0.15, 0.2) is 0 Å². The van der Waals surface area contributed by atoms with Gasteiger partial charge in [-0.15, -0.1) is 0 Å². The molecule has 0 saturated carbocycles. The second-order valence-electron chi connectivity index (χ2n) is 11.6. The van der Waals surface area contributed by atoms with Crippen LogP contribution in [0.25, 0.3) is 0 Å². The fourth-order valence-corrected chi connectivity index (χ4v) is 4.92. The largest absolute Gasteiger partial charge is 0.478 e. The van der Waals surface area contributed by atoms with Gasteiger partial charge in [0.05, 0.1) is 22.3 Å². The summed E-state index contributed by atoms with van der Waals surface area (Å²) in [5.74, 6) is -3.30. The maximum atomic E-state index is 11.9. The van der Waals surface area contributed by atoms with Crippen LogP contribution in [0.2, 0.25) is 0 Å². The average molecular weight is 585 g/mol. The highest BCUT2D eigenvalue weighted by Gasteiger charge is 2.22. The monoisotopic (exact) mass is 584 g/mol. The lowest BCUT2D eigenvalue weighted by atomic mass is 9.89. The molecule has 0 aliphatic rings. The van der Waals surface area contributed by atoms with E-state index in [-0.39, 0.29) is 22.3 Å². The molecule has 0 radical (unpaired) electrons. The molecule has 42 heavy (non-hydrogen) atoms. The van der Waals surface area contributed by atoms with Gasteiger partial charge in [-0.1, -0.05) is 97.3 Å². The number of carbonyl (C=O) groups is 4. The van der Waals surface area contributed by atoms with Gasteiger partial charge in [0.25, 0.3) is 0 Å². The first kappa shape index (κ1) is 36.3. The van der Waals surface area contributed by atoms with Gasteiger partial charge in [0, 0.05) is 0 Å². The molecule has 0 bridgehead atoms. The minimum absolute atomic E-state index is 0.00184. The van der Waals surface area contributed by atoms with E-state index in [1.165, 1.54) is 62.4 Å². The number of benzene rings is 2. The Balaban J connectivity index is 0.000000609. The maximum Gasteiger partial charge on any atom is 0.336 e. The van der Waals surface area contributed by atoms with Crippen LogP contribution in [0.15, 0.2) is 36.4 Å². The molecule has 8 nitrogen and oxygen atoms in total. The van der Waals surface area contributed by atoms with E-state index in [0.29, 0.717) is 12.3 Å². The van der Waals surface area contributed by atoms with Crippen LogP contribution in [0, 0.1) is 11.8 Å². The summed E-state index contributed by atoms with van der Waals surface area (Å²) in [5.41, 5.74) is 1.30. The van der Waals surface area contributed by atoms with Gasteiger partial charge < -0.3 is 20.4 Å². The topological polar surface area (TPSA) is 149 Å². The molecular formula is C34H48O8. The van der Waals surface area contributed by atoms with Crippen LogP contribution in [0.3, 0.4) is 0 Å². The van der Waals surface area contributed by atoms with E-state index in [1.807, 2.05) is 6.07 Å². The van der Waals surface area contributed by atoms with Crippen molar-refractivity contribution < 1.29 is 39.6 Å². The second kappa shape index (κ2) is 19.4. The highest BCUT2D eigenvalue weighted by Crippen LogP contribution is 2.25. The highest BCUT2D eigenvalue weighted by atomic mass is 16.4. The fraction of sp³-hybridized carbons (Fsp3) is 0.529. The Labute approximate surface area is 249 Å². The minimum atomic E-state index is -1.23. The molecule has 0 heterocycles. The van der Waals surface area contributed by atoms with Crippen molar-refractivity contribution in [3.8, 4) is 0 Å². The van der Waals surface area contributed by atoms with Crippen LogP contribution < -0.4 is 0 Å². The summed E-state index contributed by atoms with van der Waals surface area (Å²) in [6.45, 7) is 8.94. The predicted octanol–water partition coefficient (Wildman–Crippen LogP) is 8.46. The second-order valence-corrected chi connectivity index (χ2v) is 11.6. The van der Waals surface area contributed by atoms with Gasteiger partial charge in [-0.05, 0) is 66.8 Å². The number of carboxylic acids is 4. The van der Waals surface area contributed by atoms with Crippen molar-refractivity contribution in [2.24, 2.45) is 11.8 Å². The molecule has 0 spiro atoms. The van der Waals surface area contributed by atoms with Crippen molar-refractivity contribution >= 4 is 23.9 Å². The first-order valence-corrected chi connectivity index (χ1v) is 15.0. The third-order valence-electron chi connectivity index (χ3n) is 7.18. The Morgan fingerprint density at radius 1 is 0.524 bits per heavy atom. The van der Waals surface area contributed by atoms with E-state index < -0.39 is 23.9 Å². The van der Waals surface area contributed by atoms with Crippen molar-refractivity contribution in [3.05, 3.63) is 69.8 Å². The summed E-state index contributed by atoms with van der Waals surface area (Å²) in [4.78, 5) is 44.4. The number of rotatable bonds is 18. The van der Waals surface area contributed by atoms with Crippen LogP contribution in [0.5, 0.6) is 0 Å². The van der Waals surface area contributed by atoms with Crippen LogP contribution in [0.4, 0.5) is 0 Å². The van der Waals surface area contributed by atoms with Crippen molar-refractivity contribution in [2.45, 2.75) is 105 Å². The average Bonchev–Trinajstić information content (AvgIpc) is 2.92. The molecule has 0 aromatic heterocycles. The number of aromatic carboxylic acids is 4. The van der Waals surface area contributed by atoms with Gasteiger partial charge in [0.1, 0.15) is 0 Å². The minimum Gasteiger partial charge on any atom is -0.478 e. The Morgan fingerprint density at radius 2 is 0.952 bits per heavy atom. The van der Waals surface area contributed by atoms with E-state index in [4.69, 9.17) is 10.2 Å². The fourth-order valence-electron chi connectivity index (χ4n) is 4.92. The van der Waals surface area contributed by atoms with Crippen molar-refractivity contribution in [1.29, 1.82) is 0 Å². The number of hydrogen-bond donors (Lipinski definition) is 4. The van der Waals surface area contributed by atoms with Crippen LogP contribution in [-0.4, -0.2) is 44.3 Å². The van der Waals surface area contributed by atoms with E-state index in [1.54, 1.807) is 0 Å². The maximum absolute atomic E-state index is 11.9. The zero-order valence-corrected chi connectivity index (χ0v) is 25.5. The normalized spacial score (nSPS) is 10.8. The van der Waals surface area contributed by atoms with Gasteiger partial charge in [-0.3, -0.25) is 0 Å². The highest BCUT2D eigenvalue weighted by molar-refractivity contribution is 6.03. The number of aryl methyl sites for hydroxylation is 1. The third kappa shape index (κ3) is 13.3. The SMILES string of the molecule is CC(C)CCCCCCc1ccc(C(=O)O)c(C(=O)O)c1CCCCCCC(C)C.O=C(O)c1ccccc1C(=O)O.